The van der Waals surface area contributed by atoms with E-state index in [1.54, 1.807) is 0 Å². The van der Waals surface area contributed by atoms with Crippen molar-refractivity contribution in [3.8, 4) is 0 Å². The predicted octanol–water partition coefficient (Wildman–Crippen LogP) is 1.81. The van der Waals surface area contributed by atoms with E-state index in [1.165, 1.54) is 5.56 Å². The molecule has 6 heteroatoms. The van der Waals surface area contributed by atoms with E-state index in [1.807, 2.05) is 24.0 Å². The van der Waals surface area contributed by atoms with Crippen molar-refractivity contribution in [3.63, 3.8) is 0 Å². The molecule has 0 spiro atoms. The minimum absolute atomic E-state index is 0.668. The molecule has 0 aliphatic heterocycles. The number of nitrogens with one attached hydrogen (secondary N) is 2. The van der Waals surface area contributed by atoms with Gasteiger partial charge in [-0.25, -0.2) is 0 Å². The molecule has 0 unspecified atom stereocenters. The molecule has 0 atom stereocenters. The Hall–Kier alpha value is -1.56. The van der Waals surface area contributed by atoms with E-state index in [4.69, 9.17) is 4.74 Å². The summed E-state index contributed by atoms with van der Waals surface area (Å²) < 4.78 is 7.50. The van der Waals surface area contributed by atoms with Crippen molar-refractivity contribution in [1.29, 1.82) is 0 Å². The van der Waals surface area contributed by atoms with Crippen LogP contribution in [0.2, 0.25) is 0 Å². The summed E-state index contributed by atoms with van der Waals surface area (Å²) in [6.45, 7) is 13.1. The van der Waals surface area contributed by atoms with Crippen molar-refractivity contribution >= 4 is 5.96 Å². The molecule has 22 heavy (non-hydrogen) atoms. The molecule has 0 fully saturated rings. The Labute approximate surface area is 134 Å². The predicted molar refractivity (Wildman–Crippen MR) is 91.2 cm³/mol. The molecule has 0 amide bonds. The molecule has 2 N–H and O–H groups in total. The second kappa shape index (κ2) is 11.1. The lowest BCUT2D eigenvalue weighted by molar-refractivity contribution is 0.130. The van der Waals surface area contributed by atoms with Crippen LogP contribution in [0, 0.1) is 12.8 Å². The van der Waals surface area contributed by atoms with Gasteiger partial charge in [0.15, 0.2) is 5.96 Å². The third-order valence-corrected chi connectivity index (χ3v) is 3.08. The highest BCUT2D eigenvalue weighted by Gasteiger charge is 1.98. The number of aliphatic imine (C=N–C) groups is 1. The first-order chi connectivity index (χ1) is 10.6. The fraction of sp³-hybridized carbons (Fsp3) is 0.750. The van der Waals surface area contributed by atoms with Gasteiger partial charge in [-0.15, -0.1) is 0 Å². The Balaban J connectivity index is 2.20. The topological polar surface area (TPSA) is 63.5 Å². The monoisotopic (exact) mass is 309 g/mol. The van der Waals surface area contributed by atoms with Gasteiger partial charge in [0.25, 0.3) is 0 Å². The zero-order chi connectivity index (χ0) is 16.2. The van der Waals surface area contributed by atoms with E-state index >= 15 is 0 Å². The molecule has 0 aliphatic rings. The molecule has 1 rings (SSSR count). The summed E-state index contributed by atoms with van der Waals surface area (Å²) in [5.41, 5.74) is 1.18. The normalized spacial score (nSPS) is 12.0. The average Bonchev–Trinajstić information content (AvgIpc) is 2.88. The van der Waals surface area contributed by atoms with Gasteiger partial charge in [-0.3, -0.25) is 9.67 Å². The lowest BCUT2D eigenvalue weighted by Gasteiger charge is -2.11. The summed E-state index contributed by atoms with van der Waals surface area (Å²) in [6, 6.07) is 0. The van der Waals surface area contributed by atoms with Crippen LogP contribution < -0.4 is 10.6 Å². The highest BCUT2D eigenvalue weighted by atomic mass is 16.5. The second-order valence-corrected chi connectivity index (χ2v) is 5.76. The van der Waals surface area contributed by atoms with Crippen molar-refractivity contribution < 1.29 is 4.74 Å². The van der Waals surface area contributed by atoms with Crippen molar-refractivity contribution in [3.05, 3.63) is 18.0 Å². The van der Waals surface area contributed by atoms with Crippen LogP contribution in [0.1, 0.15) is 32.8 Å². The van der Waals surface area contributed by atoms with Gasteiger partial charge in [-0.1, -0.05) is 13.8 Å². The molecule has 1 aromatic heterocycles. The number of nitrogens with zero attached hydrogens (tertiary/aromatic N) is 3. The van der Waals surface area contributed by atoms with Crippen LogP contribution in [0.25, 0.3) is 0 Å². The first-order valence-corrected chi connectivity index (χ1v) is 8.20. The maximum absolute atomic E-state index is 5.57. The Morgan fingerprint density at radius 1 is 1.36 bits per heavy atom. The molecule has 1 heterocycles. The Morgan fingerprint density at radius 3 is 2.82 bits per heavy atom. The molecule has 0 saturated heterocycles. The lowest BCUT2D eigenvalue weighted by atomic mass is 10.1. The molecule has 0 saturated carbocycles. The van der Waals surface area contributed by atoms with Crippen molar-refractivity contribution in [2.75, 3.05) is 32.8 Å². The molecule has 1 aromatic rings. The van der Waals surface area contributed by atoms with Gasteiger partial charge in [0, 0.05) is 25.9 Å². The number of hydrogen-bond donors (Lipinski definition) is 2. The van der Waals surface area contributed by atoms with Crippen molar-refractivity contribution in [1.82, 2.24) is 20.4 Å². The number of ether oxygens (including phenoxy) is 1. The molecule has 0 bridgehead atoms. The molecule has 0 aliphatic carbocycles. The first-order valence-electron chi connectivity index (χ1n) is 8.20. The largest absolute Gasteiger partial charge is 0.380 e. The minimum atomic E-state index is 0.668. The fourth-order valence-corrected chi connectivity index (χ4v) is 1.86. The summed E-state index contributed by atoms with van der Waals surface area (Å²) in [5.74, 6) is 1.52. The molecular weight excluding hydrogens is 278 g/mol. The van der Waals surface area contributed by atoms with E-state index in [9.17, 15) is 0 Å². The van der Waals surface area contributed by atoms with Crippen LogP contribution >= 0.6 is 0 Å². The summed E-state index contributed by atoms with van der Waals surface area (Å²) in [7, 11) is 0. The maximum Gasteiger partial charge on any atom is 0.191 e. The van der Waals surface area contributed by atoms with Gasteiger partial charge >= 0.3 is 0 Å². The molecular formula is C16H31N5O. The number of rotatable bonds is 10. The zero-order valence-corrected chi connectivity index (χ0v) is 14.4. The summed E-state index contributed by atoms with van der Waals surface area (Å²) in [6.07, 6.45) is 5.01. The van der Waals surface area contributed by atoms with Gasteiger partial charge in [0.05, 0.1) is 25.9 Å². The van der Waals surface area contributed by atoms with Gasteiger partial charge in [-0.05, 0) is 31.7 Å². The first kappa shape index (κ1) is 18.5. The highest BCUT2D eigenvalue weighted by Crippen LogP contribution is 1.98. The standard InChI is InChI=1S/C16H31N5O/c1-5-17-16(19-8-11-22-10-6-14(2)3)18-7-9-21-13-15(4)12-20-21/h12-14H,5-11H2,1-4H3,(H2,17,18,19). The fourth-order valence-electron chi connectivity index (χ4n) is 1.86. The van der Waals surface area contributed by atoms with E-state index in [0.717, 1.165) is 38.6 Å². The zero-order valence-electron chi connectivity index (χ0n) is 14.4. The van der Waals surface area contributed by atoms with Gasteiger partial charge in [0.1, 0.15) is 0 Å². The maximum atomic E-state index is 5.57. The summed E-state index contributed by atoms with van der Waals surface area (Å²) in [4.78, 5) is 4.51. The van der Waals surface area contributed by atoms with Crippen LogP contribution in [-0.2, 0) is 11.3 Å². The average molecular weight is 309 g/mol. The number of aryl methyl sites for hydroxylation is 1. The van der Waals surface area contributed by atoms with E-state index < -0.39 is 0 Å². The van der Waals surface area contributed by atoms with Crippen molar-refractivity contribution in [2.24, 2.45) is 10.9 Å². The van der Waals surface area contributed by atoms with Crippen LogP contribution in [-0.4, -0.2) is 48.6 Å². The summed E-state index contributed by atoms with van der Waals surface area (Å²) >= 11 is 0. The third kappa shape index (κ3) is 8.67. The van der Waals surface area contributed by atoms with Gasteiger partial charge in [0.2, 0.25) is 0 Å². The lowest BCUT2D eigenvalue weighted by Crippen LogP contribution is -2.39. The number of aromatic nitrogens is 2. The third-order valence-electron chi connectivity index (χ3n) is 3.08. The van der Waals surface area contributed by atoms with Crippen LogP contribution in [0.5, 0.6) is 0 Å². The number of hydrogen-bond acceptors (Lipinski definition) is 3. The molecule has 0 radical (unpaired) electrons. The Bertz CT molecular complexity index is 428. The SMILES string of the molecule is CCNC(=NCCOCCC(C)C)NCCn1cc(C)cn1. The number of guanidine groups is 1. The highest BCUT2D eigenvalue weighted by molar-refractivity contribution is 5.79. The minimum Gasteiger partial charge on any atom is -0.380 e. The smallest absolute Gasteiger partial charge is 0.191 e. The summed E-state index contributed by atoms with van der Waals surface area (Å²) in [5, 5.41) is 10.8. The van der Waals surface area contributed by atoms with E-state index in [0.29, 0.717) is 19.1 Å². The molecule has 0 aromatic carbocycles. The van der Waals surface area contributed by atoms with Crippen LogP contribution in [0.4, 0.5) is 0 Å². The van der Waals surface area contributed by atoms with Crippen molar-refractivity contribution in [2.45, 2.75) is 40.7 Å². The second-order valence-electron chi connectivity index (χ2n) is 5.76. The Morgan fingerprint density at radius 2 is 2.18 bits per heavy atom. The van der Waals surface area contributed by atoms with Gasteiger partial charge < -0.3 is 15.4 Å². The Kier molecular flexibility index (Phi) is 9.30. The molecule has 126 valence electrons. The van der Waals surface area contributed by atoms with Crippen LogP contribution in [0.3, 0.4) is 0 Å². The quantitative estimate of drug-likeness (QED) is 0.393. The van der Waals surface area contributed by atoms with Crippen LogP contribution in [0.15, 0.2) is 17.4 Å². The molecule has 6 nitrogen and oxygen atoms in total. The van der Waals surface area contributed by atoms with E-state index in [2.05, 4.69) is 41.5 Å². The van der Waals surface area contributed by atoms with Gasteiger partial charge in [-0.2, -0.15) is 5.10 Å². The van der Waals surface area contributed by atoms with E-state index in [-0.39, 0.29) is 0 Å².